The van der Waals surface area contributed by atoms with Crippen LogP contribution in [0.25, 0.3) is 11.3 Å². The first-order valence-corrected chi connectivity index (χ1v) is 8.87. The molecular weight excluding hydrogens is 316 g/mol. The second-order valence-corrected chi connectivity index (χ2v) is 7.40. The van der Waals surface area contributed by atoms with Gasteiger partial charge in [0.2, 0.25) is 5.91 Å². The summed E-state index contributed by atoms with van der Waals surface area (Å²) in [6.07, 6.45) is 5.55. The summed E-state index contributed by atoms with van der Waals surface area (Å²) in [5, 5.41) is 4.37. The van der Waals surface area contributed by atoms with Gasteiger partial charge in [0.15, 0.2) is 5.13 Å². The number of hydrogen-bond donors (Lipinski definition) is 1. The standard InChI is InChI=1S/C17H19ClN2OS/c1-11-15(13-8-5-9-14(18)10-13)19-17(22-11)20-16(21)12-6-3-2-4-7-12/h5,8-10,12H,2-4,6-7H2,1H3,(H,19,20,21). The second kappa shape index (κ2) is 6.80. The molecule has 1 aromatic carbocycles. The fraction of sp³-hybridized carbons (Fsp3) is 0.412. The molecule has 1 amide bonds. The lowest BCUT2D eigenvalue weighted by Crippen LogP contribution is -2.24. The number of nitrogens with one attached hydrogen (secondary N) is 1. The van der Waals surface area contributed by atoms with Gasteiger partial charge in [-0.15, -0.1) is 11.3 Å². The number of rotatable bonds is 3. The summed E-state index contributed by atoms with van der Waals surface area (Å²) in [6.45, 7) is 2.02. The molecule has 1 aliphatic rings. The molecule has 0 radical (unpaired) electrons. The molecule has 1 N–H and O–H groups in total. The van der Waals surface area contributed by atoms with Crippen LogP contribution < -0.4 is 5.32 Å². The molecule has 1 aliphatic carbocycles. The maximum Gasteiger partial charge on any atom is 0.229 e. The van der Waals surface area contributed by atoms with Crippen LogP contribution in [-0.2, 0) is 4.79 Å². The van der Waals surface area contributed by atoms with E-state index in [0.717, 1.165) is 41.8 Å². The Bertz CT molecular complexity index is 677. The van der Waals surface area contributed by atoms with Crippen LogP contribution in [0.15, 0.2) is 24.3 Å². The number of halogens is 1. The van der Waals surface area contributed by atoms with Crippen LogP contribution in [0, 0.1) is 12.8 Å². The van der Waals surface area contributed by atoms with Gasteiger partial charge in [-0.3, -0.25) is 4.79 Å². The fourth-order valence-corrected chi connectivity index (χ4v) is 3.95. The molecule has 0 atom stereocenters. The highest BCUT2D eigenvalue weighted by molar-refractivity contribution is 7.16. The van der Waals surface area contributed by atoms with Gasteiger partial charge in [0.05, 0.1) is 5.69 Å². The zero-order chi connectivity index (χ0) is 15.5. The predicted molar refractivity (Wildman–Crippen MR) is 92.5 cm³/mol. The van der Waals surface area contributed by atoms with Crippen molar-refractivity contribution >= 4 is 34.0 Å². The van der Waals surface area contributed by atoms with E-state index < -0.39 is 0 Å². The van der Waals surface area contributed by atoms with Gasteiger partial charge in [-0.25, -0.2) is 4.98 Å². The normalized spacial score (nSPS) is 15.7. The highest BCUT2D eigenvalue weighted by Gasteiger charge is 2.22. The Labute approximate surface area is 139 Å². The van der Waals surface area contributed by atoms with E-state index in [1.54, 1.807) is 0 Å². The molecular formula is C17H19ClN2OS. The number of aromatic nitrogens is 1. The molecule has 2 aromatic rings. The topological polar surface area (TPSA) is 42.0 Å². The first-order chi connectivity index (χ1) is 10.6. The maximum absolute atomic E-state index is 12.3. The number of nitrogens with zero attached hydrogens (tertiary/aromatic N) is 1. The molecule has 0 saturated heterocycles. The third-order valence-corrected chi connectivity index (χ3v) is 5.22. The molecule has 1 aromatic heterocycles. The Morgan fingerprint density at radius 1 is 1.32 bits per heavy atom. The minimum Gasteiger partial charge on any atom is -0.302 e. The fourth-order valence-electron chi connectivity index (χ4n) is 2.93. The summed E-state index contributed by atoms with van der Waals surface area (Å²) in [4.78, 5) is 18.0. The molecule has 22 heavy (non-hydrogen) atoms. The molecule has 3 nitrogen and oxygen atoms in total. The maximum atomic E-state index is 12.3. The van der Waals surface area contributed by atoms with E-state index in [-0.39, 0.29) is 11.8 Å². The largest absolute Gasteiger partial charge is 0.302 e. The Morgan fingerprint density at radius 2 is 2.09 bits per heavy atom. The Morgan fingerprint density at radius 3 is 2.82 bits per heavy atom. The monoisotopic (exact) mass is 334 g/mol. The Balaban J connectivity index is 1.76. The minimum atomic E-state index is 0.117. The highest BCUT2D eigenvalue weighted by Crippen LogP contribution is 2.32. The summed E-state index contributed by atoms with van der Waals surface area (Å²) >= 11 is 7.57. The van der Waals surface area contributed by atoms with Gasteiger partial charge in [0, 0.05) is 21.4 Å². The van der Waals surface area contributed by atoms with Crippen molar-refractivity contribution in [2.45, 2.75) is 39.0 Å². The van der Waals surface area contributed by atoms with Gasteiger partial charge < -0.3 is 5.32 Å². The second-order valence-electron chi connectivity index (χ2n) is 5.76. The quantitative estimate of drug-likeness (QED) is 0.828. The molecule has 0 unspecified atom stereocenters. The number of thiazole rings is 1. The van der Waals surface area contributed by atoms with Crippen molar-refractivity contribution in [3.05, 3.63) is 34.2 Å². The average molecular weight is 335 g/mol. The third kappa shape index (κ3) is 3.50. The van der Waals surface area contributed by atoms with Crippen molar-refractivity contribution in [3.8, 4) is 11.3 Å². The van der Waals surface area contributed by atoms with Gasteiger partial charge in [-0.05, 0) is 31.9 Å². The first-order valence-electron chi connectivity index (χ1n) is 7.68. The number of benzene rings is 1. The van der Waals surface area contributed by atoms with Gasteiger partial charge in [0.1, 0.15) is 0 Å². The van der Waals surface area contributed by atoms with Crippen LogP contribution in [0.2, 0.25) is 5.02 Å². The summed E-state index contributed by atoms with van der Waals surface area (Å²) < 4.78 is 0. The molecule has 3 rings (SSSR count). The number of aryl methyl sites for hydroxylation is 1. The predicted octanol–water partition coefficient (Wildman–Crippen LogP) is 5.29. The van der Waals surface area contributed by atoms with E-state index in [4.69, 9.17) is 11.6 Å². The van der Waals surface area contributed by atoms with Crippen LogP contribution in [0.5, 0.6) is 0 Å². The molecule has 1 fully saturated rings. The molecule has 0 bridgehead atoms. The Kier molecular flexibility index (Phi) is 4.79. The van der Waals surface area contributed by atoms with Crippen LogP contribution >= 0.6 is 22.9 Å². The third-order valence-electron chi connectivity index (χ3n) is 4.10. The molecule has 0 spiro atoms. The van der Waals surface area contributed by atoms with E-state index in [1.165, 1.54) is 17.8 Å². The lowest BCUT2D eigenvalue weighted by atomic mass is 9.89. The first kappa shape index (κ1) is 15.5. The summed E-state index contributed by atoms with van der Waals surface area (Å²) in [7, 11) is 0. The van der Waals surface area contributed by atoms with Crippen LogP contribution in [-0.4, -0.2) is 10.9 Å². The van der Waals surface area contributed by atoms with Crippen LogP contribution in [0.4, 0.5) is 5.13 Å². The van der Waals surface area contributed by atoms with Crippen LogP contribution in [0.3, 0.4) is 0 Å². The number of hydrogen-bond acceptors (Lipinski definition) is 3. The summed E-state index contributed by atoms with van der Waals surface area (Å²) in [5.41, 5.74) is 1.88. The average Bonchev–Trinajstić information content (AvgIpc) is 2.88. The smallest absolute Gasteiger partial charge is 0.229 e. The Hall–Kier alpha value is -1.39. The highest BCUT2D eigenvalue weighted by atomic mass is 35.5. The van der Waals surface area contributed by atoms with Crippen molar-refractivity contribution in [1.82, 2.24) is 4.98 Å². The molecule has 116 valence electrons. The van der Waals surface area contributed by atoms with E-state index in [0.29, 0.717) is 10.2 Å². The van der Waals surface area contributed by atoms with Gasteiger partial charge >= 0.3 is 0 Å². The number of carbonyl (C=O) groups is 1. The lowest BCUT2D eigenvalue weighted by Gasteiger charge is -2.19. The van der Waals surface area contributed by atoms with Crippen molar-refractivity contribution in [2.75, 3.05) is 5.32 Å². The van der Waals surface area contributed by atoms with E-state index in [9.17, 15) is 4.79 Å². The number of anilines is 1. The van der Waals surface area contributed by atoms with E-state index in [1.807, 2.05) is 31.2 Å². The molecule has 1 saturated carbocycles. The van der Waals surface area contributed by atoms with Crippen LogP contribution in [0.1, 0.15) is 37.0 Å². The summed E-state index contributed by atoms with van der Waals surface area (Å²) in [6, 6.07) is 7.65. The van der Waals surface area contributed by atoms with Crippen molar-refractivity contribution in [3.63, 3.8) is 0 Å². The van der Waals surface area contributed by atoms with Crippen molar-refractivity contribution in [2.24, 2.45) is 5.92 Å². The zero-order valence-electron chi connectivity index (χ0n) is 12.6. The van der Waals surface area contributed by atoms with Crippen molar-refractivity contribution in [1.29, 1.82) is 0 Å². The number of amides is 1. The van der Waals surface area contributed by atoms with Gasteiger partial charge in [-0.1, -0.05) is 43.0 Å². The van der Waals surface area contributed by atoms with E-state index in [2.05, 4.69) is 10.3 Å². The van der Waals surface area contributed by atoms with Gasteiger partial charge in [-0.2, -0.15) is 0 Å². The minimum absolute atomic E-state index is 0.117. The number of carbonyl (C=O) groups excluding carboxylic acids is 1. The zero-order valence-corrected chi connectivity index (χ0v) is 14.1. The van der Waals surface area contributed by atoms with E-state index >= 15 is 0 Å². The molecule has 0 aliphatic heterocycles. The van der Waals surface area contributed by atoms with Gasteiger partial charge in [0.25, 0.3) is 0 Å². The summed E-state index contributed by atoms with van der Waals surface area (Å²) in [5.74, 6) is 0.263. The molecule has 5 heteroatoms. The molecule has 1 heterocycles. The SMILES string of the molecule is Cc1sc(NC(=O)C2CCCCC2)nc1-c1cccc(Cl)c1. The van der Waals surface area contributed by atoms with Crippen molar-refractivity contribution < 1.29 is 4.79 Å². The lowest BCUT2D eigenvalue weighted by molar-refractivity contribution is -0.120.